The first-order chi connectivity index (χ1) is 10.3. The molecule has 1 heterocycles. The molecule has 0 fully saturated rings. The lowest BCUT2D eigenvalue weighted by Gasteiger charge is -2.24. The molecule has 1 aromatic heterocycles. The van der Waals surface area contributed by atoms with Gasteiger partial charge in [0.1, 0.15) is 0 Å². The first kappa shape index (κ1) is 14.3. The molecule has 2 N–H and O–H groups in total. The Morgan fingerprint density at radius 1 is 1.29 bits per heavy atom. The van der Waals surface area contributed by atoms with Gasteiger partial charge in [-0.15, -0.1) is 11.3 Å². The number of carbonyl (C=O) groups is 1. The summed E-state index contributed by atoms with van der Waals surface area (Å²) in [7, 11) is 1.65. The van der Waals surface area contributed by atoms with E-state index in [0.717, 1.165) is 6.54 Å². The minimum absolute atomic E-state index is 0.0373. The van der Waals surface area contributed by atoms with E-state index in [1.54, 1.807) is 7.05 Å². The van der Waals surface area contributed by atoms with Crippen LogP contribution < -0.4 is 10.6 Å². The van der Waals surface area contributed by atoms with E-state index < -0.39 is 0 Å². The maximum absolute atomic E-state index is 11.5. The van der Waals surface area contributed by atoms with E-state index in [0.29, 0.717) is 11.6 Å². The zero-order valence-electron chi connectivity index (χ0n) is 12.2. The van der Waals surface area contributed by atoms with Crippen molar-refractivity contribution in [2.75, 3.05) is 7.05 Å². The van der Waals surface area contributed by atoms with Crippen molar-refractivity contribution in [1.29, 1.82) is 0 Å². The Kier molecular flexibility index (Phi) is 4.36. The molecule has 4 heteroatoms. The fourth-order valence-electron chi connectivity index (χ4n) is 2.86. The Hall–Kier alpha value is -1.65. The Balaban J connectivity index is 1.62. The molecule has 0 radical (unpaired) electrons. The zero-order valence-corrected chi connectivity index (χ0v) is 13.0. The van der Waals surface area contributed by atoms with Gasteiger partial charge in [-0.05, 0) is 54.0 Å². The molecule has 0 spiro atoms. The summed E-state index contributed by atoms with van der Waals surface area (Å²) in [6.07, 6.45) is 3.70. The largest absolute Gasteiger partial charge is 0.355 e. The van der Waals surface area contributed by atoms with Crippen molar-refractivity contribution in [3.8, 4) is 0 Å². The van der Waals surface area contributed by atoms with Gasteiger partial charge in [-0.25, -0.2) is 0 Å². The molecular weight excluding hydrogens is 280 g/mol. The van der Waals surface area contributed by atoms with Crippen molar-refractivity contribution in [3.05, 3.63) is 57.3 Å². The maximum atomic E-state index is 11.5. The minimum Gasteiger partial charge on any atom is -0.355 e. The van der Waals surface area contributed by atoms with Crippen molar-refractivity contribution in [3.63, 3.8) is 0 Å². The molecule has 0 bridgehead atoms. The van der Waals surface area contributed by atoms with E-state index >= 15 is 0 Å². The molecule has 1 aromatic carbocycles. The van der Waals surface area contributed by atoms with Gasteiger partial charge in [-0.2, -0.15) is 0 Å². The number of aryl methyl sites for hydroxylation is 1. The second-order valence-corrected chi connectivity index (χ2v) is 6.40. The number of amides is 1. The number of hydrogen-bond acceptors (Lipinski definition) is 3. The van der Waals surface area contributed by atoms with Crippen LogP contribution in [-0.4, -0.2) is 13.0 Å². The summed E-state index contributed by atoms with van der Waals surface area (Å²) in [5.74, 6) is -0.0373. The maximum Gasteiger partial charge on any atom is 0.251 e. The number of nitrogens with one attached hydrogen (secondary N) is 2. The van der Waals surface area contributed by atoms with E-state index in [-0.39, 0.29) is 5.91 Å². The lowest BCUT2D eigenvalue weighted by Crippen LogP contribution is -2.24. The summed E-state index contributed by atoms with van der Waals surface area (Å²) in [5, 5.41) is 8.49. The van der Waals surface area contributed by atoms with Gasteiger partial charge in [-0.3, -0.25) is 4.79 Å². The molecule has 1 aliphatic carbocycles. The van der Waals surface area contributed by atoms with Gasteiger partial charge in [0.15, 0.2) is 0 Å². The number of carbonyl (C=O) groups excluding carboxylic acids is 1. The summed E-state index contributed by atoms with van der Waals surface area (Å²) in [4.78, 5) is 13.0. The van der Waals surface area contributed by atoms with Crippen LogP contribution >= 0.6 is 11.3 Å². The predicted molar refractivity (Wildman–Crippen MR) is 86.7 cm³/mol. The molecule has 1 amide bonds. The Morgan fingerprint density at radius 3 is 2.86 bits per heavy atom. The summed E-state index contributed by atoms with van der Waals surface area (Å²) in [6.45, 7) is 0.841. The molecule has 2 aromatic rings. The van der Waals surface area contributed by atoms with Gasteiger partial charge in [0.25, 0.3) is 5.91 Å². The standard InChI is InChI=1S/C17H20N2OS/c1-18-17(20)13-7-5-12(6-8-13)11-19-15-3-2-4-16-14(15)9-10-21-16/h5-10,15,19H,2-4,11H2,1H3,(H,18,20). The Morgan fingerprint density at radius 2 is 2.10 bits per heavy atom. The van der Waals surface area contributed by atoms with Gasteiger partial charge >= 0.3 is 0 Å². The van der Waals surface area contributed by atoms with E-state index in [1.807, 2.05) is 35.6 Å². The average molecular weight is 300 g/mol. The first-order valence-electron chi connectivity index (χ1n) is 7.38. The molecule has 110 valence electrons. The van der Waals surface area contributed by atoms with Crippen molar-refractivity contribution >= 4 is 17.2 Å². The van der Waals surface area contributed by atoms with E-state index in [9.17, 15) is 4.79 Å². The summed E-state index contributed by atoms with van der Waals surface area (Å²) in [6, 6.07) is 10.5. The second-order valence-electron chi connectivity index (χ2n) is 5.40. The van der Waals surface area contributed by atoms with Gasteiger partial charge < -0.3 is 10.6 Å². The summed E-state index contributed by atoms with van der Waals surface area (Å²) >= 11 is 1.87. The first-order valence-corrected chi connectivity index (χ1v) is 8.26. The number of rotatable bonds is 4. The highest BCUT2D eigenvalue weighted by Crippen LogP contribution is 2.33. The van der Waals surface area contributed by atoms with E-state index in [4.69, 9.17) is 0 Å². The van der Waals surface area contributed by atoms with Crippen LogP contribution in [0.25, 0.3) is 0 Å². The SMILES string of the molecule is CNC(=O)c1ccc(CNC2CCCc3sccc32)cc1. The molecule has 0 saturated heterocycles. The molecule has 21 heavy (non-hydrogen) atoms. The van der Waals surface area contributed by atoms with Crippen LogP contribution in [0.3, 0.4) is 0 Å². The molecule has 1 atom stereocenters. The molecule has 0 aliphatic heterocycles. The van der Waals surface area contributed by atoms with Gasteiger partial charge in [0, 0.05) is 30.1 Å². The highest BCUT2D eigenvalue weighted by Gasteiger charge is 2.20. The number of hydrogen-bond donors (Lipinski definition) is 2. The molecule has 3 rings (SSSR count). The third kappa shape index (κ3) is 3.17. The number of thiophene rings is 1. The average Bonchev–Trinajstić information content (AvgIpc) is 3.02. The van der Waals surface area contributed by atoms with Crippen LogP contribution in [0.15, 0.2) is 35.7 Å². The normalized spacial score (nSPS) is 17.3. The highest BCUT2D eigenvalue weighted by molar-refractivity contribution is 7.10. The van der Waals surface area contributed by atoms with Crippen molar-refractivity contribution in [2.45, 2.75) is 31.8 Å². The lowest BCUT2D eigenvalue weighted by molar-refractivity contribution is 0.0963. The lowest BCUT2D eigenvalue weighted by atomic mass is 9.94. The van der Waals surface area contributed by atoms with Crippen molar-refractivity contribution < 1.29 is 4.79 Å². The third-order valence-electron chi connectivity index (χ3n) is 4.05. The molecule has 1 unspecified atom stereocenters. The monoisotopic (exact) mass is 300 g/mol. The highest BCUT2D eigenvalue weighted by atomic mass is 32.1. The van der Waals surface area contributed by atoms with Crippen LogP contribution in [-0.2, 0) is 13.0 Å². The summed E-state index contributed by atoms with van der Waals surface area (Å²) in [5.41, 5.74) is 3.40. The molecule has 3 nitrogen and oxygen atoms in total. The van der Waals surface area contributed by atoms with E-state index in [1.165, 1.54) is 35.3 Å². The molecular formula is C17H20N2OS. The predicted octanol–water partition coefficient (Wildman–Crippen LogP) is 3.27. The Bertz CT molecular complexity index is 618. The van der Waals surface area contributed by atoms with Gasteiger partial charge in [0.05, 0.1) is 0 Å². The fourth-order valence-corrected chi connectivity index (χ4v) is 3.85. The van der Waals surface area contributed by atoms with Crippen molar-refractivity contribution in [1.82, 2.24) is 10.6 Å². The van der Waals surface area contributed by atoms with Crippen molar-refractivity contribution in [2.24, 2.45) is 0 Å². The third-order valence-corrected chi connectivity index (χ3v) is 5.04. The quantitative estimate of drug-likeness (QED) is 0.910. The number of benzene rings is 1. The fraction of sp³-hybridized carbons (Fsp3) is 0.353. The topological polar surface area (TPSA) is 41.1 Å². The Labute approximate surface area is 129 Å². The van der Waals surface area contributed by atoms with Crippen LogP contribution in [0.4, 0.5) is 0 Å². The second kappa shape index (κ2) is 6.41. The molecule has 0 saturated carbocycles. The zero-order chi connectivity index (χ0) is 14.7. The van der Waals surface area contributed by atoms with E-state index in [2.05, 4.69) is 22.1 Å². The van der Waals surface area contributed by atoms with Gasteiger partial charge in [-0.1, -0.05) is 12.1 Å². The summed E-state index contributed by atoms with van der Waals surface area (Å²) < 4.78 is 0. The molecule has 1 aliphatic rings. The van der Waals surface area contributed by atoms with Crippen LogP contribution in [0.2, 0.25) is 0 Å². The van der Waals surface area contributed by atoms with Crippen LogP contribution in [0, 0.1) is 0 Å². The van der Waals surface area contributed by atoms with Crippen LogP contribution in [0.1, 0.15) is 45.2 Å². The van der Waals surface area contributed by atoms with Gasteiger partial charge in [0.2, 0.25) is 0 Å². The van der Waals surface area contributed by atoms with Crippen LogP contribution in [0.5, 0.6) is 0 Å². The number of fused-ring (bicyclic) bond motifs is 1. The minimum atomic E-state index is -0.0373. The smallest absolute Gasteiger partial charge is 0.251 e.